The molecule has 4 nitrogen and oxygen atoms in total. The van der Waals surface area contributed by atoms with Crippen LogP contribution in [0.15, 0.2) is 71.1 Å². The van der Waals surface area contributed by atoms with Gasteiger partial charge in [0.2, 0.25) is 0 Å². The molecule has 0 heterocycles. The Labute approximate surface area is 182 Å². The maximum absolute atomic E-state index is 5.28. The molecule has 0 amide bonds. The number of nitrogens with two attached hydrogens (primary N) is 1. The number of benzene rings is 3. The van der Waals surface area contributed by atoms with Gasteiger partial charge in [-0.15, -0.1) is 0 Å². The van der Waals surface area contributed by atoms with Crippen molar-refractivity contribution in [3.05, 3.63) is 82.9 Å². The standard InChI is InChI=1S/C25H27N3OS/c1-16-8-12-20(27-3)15-22(16)25(18-9-10-18)28-23-13-11-19(14-17(23)2)21-6-4-5-7-24(21)30-29-26/h4-8,11-15,27-28H,9-10,26H2,1-3H3. The molecule has 1 fully saturated rings. The first kappa shape index (κ1) is 20.5. The maximum Gasteiger partial charge on any atom is 0.0528 e. The third-order valence-electron chi connectivity index (χ3n) is 5.47. The lowest BCUT2D eigenvalue weighted by molar-refractivity contribution is 0.398. The topological polar surface area (TPSA) is 59.3 Å². The van der Waals surface area contributed by atoms with E-state index in [0.717, 1.165) is 40.2 Å². The number of hydrogen-bond acceptors (Lipinski definition) is 5. The molecular formula is C25H27N3OS. The third kappa shape index (κ3) is 4.38. The van der Waals surface area contributed by atoms with Crippen LogP contribution in [-0.4, -0.2) is 7.05 Å². The van der Waals surface area contributed by atoms with Gasteiger partial charge in [-0.1, -0.05) is 30.3 Å². The molecule has 0 aromatic heterocycles. The van der Waals surface area contributed by atoms with E-state index in [-0.39, 0.29) is 0 Å². The Hall–Kier alpha value is -2.73. The lowest BCUT2D eigenvalue weighted by atomic mass is 10.0. The lowest BCUT2D eigenvalue weighted by Crippen LogP contribution is -2.04. The van der Waals surface area contributed by atoms with Crippen molar-refractivity contribution in [3.63, 3.8) is 0 Å². The van der Waals surface area contributed by atoms with Gasteiger partial charge in [0.25, 0.3) is 0 Å². The average Bonchev–Trinajstić information content (AvgIpc) is 3.59. The van der Waals surface area contributed by atoms with Crippen molar-refractivity contribution in [1.82, 2.24) is 0 Å². The second kappa shape index (κ2) is 8.96. The molecular weight excluding hydrogens is 390 g/mol. The van der Waals surface area contributed by atoms with Crippen LogP contribution in [0.5, 0.6) is 0 Å². The van der Waals surface area contributed by atoms with E-state index in [0.29, 0.717) is 0 Å². The molecule has 1 aliphatic rings. The van der Waals surface area contributed by atoms with Crippen LogP contribution in [-0.2, 0) is 4.28 Å². The fourth-order valence-electron chi connectivity index (χ4n) is 3.64. The lowest BCUT2D eigenvalue weighted by Gasteiger charge is -2.18. The predicted molar refractivity (Wildman–Crippen MR) is 128 cm³/mol. The molecule has 0 spiro atoms. The van der Waals surface area contributed by atoms with E-state index in [1.807, 2.05) is 25.2 Å². The van der Waals surface area contributed by atoms with Gasteiger partial charge in [-0.3, -0.25) is 0 Å². The summed E-state index contributed by atoms with van der Waals surface area (Å²) in [7, 11) is 1.96. The van der Waals surface area contributed by atoms with Crippen LogP contribution in [0.3, 0.4) is 0 Å². The summed E-state index contributed by atoms with van der Waals surface area (Å²) in [5.41, 5.74) is 11.0. The van der Waals surface area contributed by atoms with Crippen LogP contribution in [0.2, 0.25) is 0 Å². The molecule has 4 rings (SSSR count). The quantitative estimate of drug-likeness (QED) is 0.301. The first-order valence-corrected chi connectivity index (χ1v) is 10.9. The maximum atomic E-state index is 5.28. The normalized spacial score (nSPS) is 12.6. The van der Waals surface area contributed by atoms with Gasteiger partial charge >= 0.3 is 0 Å². The smallest absolute Gasteiger partial charge is 0.0528 e. The summed E-state index contributed by atoms with van der Waals surface area (Å²) in [5.74, 6) is 5.28. The van der Waals surface area contributed by atoms with Crippen LogP contribution in [0.4, 0.5) is 11.4 Å². The molecule has 4 N–H and O–H groups in total. The number of allylic oxidation sites excluding steroid dienone is 1. The Morgan fingerprint density at radius 2 is 1.77 bits per heavy atom. The fourth-order valence-corrected chi connectivity index (χ4v) is 4.15. The van der Waals surface area contributed by atoms with Crippen LogP contribution in [0.1, 0.15) is 29.5 Å². The SMILES string of the molecule is CNc1ccc(C)c(C(Nc2ccc(-c3ccccc3SON)cc2C)=C2CC2)c1. The van der Waals surface area contributed by atoms with Crippen molar-refractivity contribution < 1.29 is 4.28 Å². The fraction of sp³-hybridized carbons (Fsp3) is 0.200. The first-order chi connectivity index (χ1) is 14.6. The zero-order chi connectivity index (χ0) is 21.1. The van der Waals surface area contributed by atoms with Crippen molar-refractivity contribution >= 4 is 29.1 Å². The Bertz CT molecular complexity index is 1100. The number of nitrogens with one attached hydrogen (secondary N) is 2. The Morgan fingerprint density at radius 1 is 0.967 bits per heavy atom. The molecule has 3 aromatic carbocycles. The predicted octanol–water partition coefficient (Wildman–Crippen LogP) is 6.53. The second-order valence-corrected chi connectivity index (χ2v) is 8.39. The van der Waals surface area contributed by atoms with Crippen molar-refractivity contribution in [2.24, 2.45) is 5.90 Å². The van der Waals surface area contributed by atoms with Crippen LogP contribution in [0.25, 0.3) is 16.8 Å². The van der Waals surface area contributed by atoms with Gasteiger partial charge in [0.05, 0.1) is 12.0 Å². The van der Waals surface area contributed by atoms with E-state index >= 15 is 0 Å². The van der Waals surface area contributed by atoms with E-state index in [1.54, 1.807) is 0 Å². The highest BCUT2D eigenvalue weighted by molar-refractivity contribution is 7.94. The number of hydrogen-bond donors (Lipinski definition) is 3. The van der Waals surface area contributed by atoms with E-state index in [9.17, 15) is 0 Å². The molecule has 154 valence electrons. The zero-order valence-corrected chi connectivity index (χ0v) is 18.4. The van der Waals surface area contributed by atoms with Crippen LogP contribution < -0.4 is 16.5 Å². The van der Waals surface area contributed by atoms with Crippen molar-refractivity contribution in [2.75, 3.05) is 17.7 Å². The highest BCUT2D eigenvalue weighted by atomic mass is 32.2. The largest absolute Gasteiger partial charge is 0.388 e. The molecule has 0 aliphatic heterocycles. The number of anilines is 2. The molecule has 0 atom stereocenters. The van der Waals surface area contributed by atoms with E-state index < -0.39 is 0 Å². The van der Waals surface area contributed by atoms with Crippen molar-refractivity contribution in [3.8, 4) is 11.1 Å². The van der Waals surface area contributed by atoms with E-state index in [4.69, 9.17) is 10.2 Å². The van der Waals surface area contributed by atoms with E-state index in [1.165, 1.54) is 40.0 Å². The Balaban J connectivity index is 1.67. The highest BCUT2D eigenvalue weighted by Gasteiger charge is 2.21. The van der Waals surface area contributed by atoms with Gasteiger partial charge in [-0.05, 0) is 84.8 Å². The van der Waals surface area contributed by atoms with Gasteiger partial charge < -0.3 is 10.6 Å². The van der Waals surface area contributed by atoms with Crippen molar-refractivity contribution in [1.29, 1.82) is 0 Å². The molecule has 3 aromatic rings. The summed E-state index contributed by atoms with van der Waals surface area (Å²) in [6, 6.07) is 21.2. The minimum absolute atomic E-state index is 1.00. The molecule has 0 saturated heterocycles. The molecule has 0 bridgehead atoms. The molecule has 30 heavy (non-hydrogen) atoms. The van der Waals surface area contributed by atoms with Gasteiger partial charge in [0.1, 0.15) is 0 Å². The highest BCUT2D eigenvalue weighted by Crippen LogP contribution is 2.40. The van der Waals surface area contributed by atoms with Gasteiger partial charge in [-0.2, -0.15) is 0 Å². The minimum atomic E-state index is 1.00. The zero-order valence-electron chi connectivity index (χ0n) is 17.6. The molecule has 0 unspecified atom stereocenters. The first-order valence-electron chi connectivity index (χ1n) is 10.1. The van der Waals surface area contributed by atoms with E-state index in [2.05, 4.69) is 66.9 Å². The summed E-state index contributed by atoms with van der Waals surface area (Å²) < 4.78 is 4.80. The molecule has 1 aliphatic carbocycles. The molecule has 1 saturated carbocycles. The average molecular weight is 418 g/mol. The van der Waals surface area contributed by atoms with Gasteiger partial charge in [-0.25, -0.2) is 10.2 Å². The number of aryl methyl sites for hydroxylation is 2. The van der Waals surface area contributed by atoms with Gasteiger partial charge in [0.15, 0.2) is 0 Å². The number of rotatable bonds is 7. The second-order valence-electron chi connectivity index (χ2n) is 7.59. The monoisotopic (exact) mass is 417 g/mol. The summed E-state index contributed by atoms with van der Waals surface area (Å²) >= 11 is 1.18. The summed E-state index contributed by atoms with van der Waals surface area (Å²) in [6.45, 7) is 4.32. The Kier molecular flexibility index (Phi) is 6.13. The molecule has 5 heteroatoms. The van der Waals surface area contributed by atoms with Crippen LogP contribution >= 0.6 is 12.0 Å². The Morgan fingerprint density at radius 3 is 2.47 bits per heavy atom. The third-order valence-corrected chi connectivity index (χ3v) is 6.10. The van der Waals surface area contributed by atoms with Crippen LogP contribution in [0, 0.1) is 13.8 Å². The summed E-state index contributed by atoms with van der Waals surface area (Å²) in [4.78, 5) is 1.00. The summed E-state index contributed by atoms with van der Waals surface area (Å²) in [6.07, 6.45) is 2.32. The summed E-state index contributed by atoms with van der Waals surface area (Å²) in [5, 5.41) is 6.99. The molecule has 0 radical (unpaired) electrons. The minimum Gasteiger partial charge on any atom is -0.388 e. The van der Waals surface area contributed by atoms with Crippen molar-refractivity contribution in [2.45, 2.75) is 31.6 Å². The van der Waals surface area contributed by atoms with Gasteiger partial charge in [0, 0.05) is 34.6 Å².